The van der Waals surface area contributed by atoms with Crippen LogP contribution in [0.2, 0.25) is 5.02 Å². The van der Waals surface area contributed by atoms with Crippen molar-refractivity contribution in [3.8, 4) is 16.9 Å². The van der Waals surface area contributed by atoms with Crippen molar-refractivity contribution in [2.45, 2.75) is 17.7 Å². The summed E-state index contributed by atoms with van der Waals surface area (Å²) in [6.07, 6.45) is 7.63. The molecular formula is C26H22ClFN2O2S. The summed E-state index contributed by atoms with van der Waals surface area (Å²) in [6.45, 7) is 0. The van der Waals surface area contributed by atoms with Crippen LogP contribution < -0.4 is 10.1 Å². The van der Waals surface area contributed by atoms with Crippen LogP contribution in [0.3, 0.4) is 0 Å². The Labute approximate surface area is 201 Å². The molecule has 0 radical (unpaired) electrons. The molecule has 0 bridgehead atoms. The van der Waals surface area contributed by atoms with Gasteiger partial charge in [0.2, 0.25) is 0 Å². The van der Waals surface area contributed by atoms with Gasteiger partial charge in [0, 0.05) is 33.5 Å². The highest BCUT2D eigenvalue weighted by Crippen LogP contribution is 2.37. The zero-order chi connectivity index (χ0) is 23.4. The van der Waals surface area contributed by atoms with E-state index in [1.165, 1.54) is 24.9 Å². The molecule has 1 aliphatic heterocycles. The minimum Gasteiger partial charge on any atom is -0.493 e. The van der Waals surface area contributed by atoms with E-state index in [-0.39, 0.29) is 11.7 Å². The number of benzene rings is 3. The maximum atomic E-state index is 14.4. The summed E-state index contributed by atoms with van der Waals surface area (Å²) in [5.74, 6) is -0.710. The minimum absolute atomic E-state index is 0.0979. The number of thioether (sulfide) groups is 1. The standard InChI is InChI=1S/C26H22ClFN2O2S/c1-32-25-18(6-5-7-23(25)28)20-15-17(33-2)10-11-19(20)26(31)30-16-9-12-22(27)21(14-16)24-8-3-4-13-29-24/h5-15H,3-4H2,1-2H3,(H,30,31). The fourth-order valence-corrected chi connectivity index (χ4v) is 4.34. The van der Waals surface area contributed by atoms with Gasteiger partial charge in [-0.05, 0) is 67.1 Å². The minimum atomic E-state index is -0.487. The number of nitrogens with one attached hydrogen (secondary N) is 1. The van der Waals surface area contributed by atoms with Crippen molar-refractivity contribution < 1.29 is 13.9 Å². The summed E-state index contributed by atoms with van der Waals surface area (Å²) in [4.78, 5) is 18.7. The number of ether oxygens (including phenoxy) is 1. The van der Waals surface area contributed by atoms with Gasteiger partial charge in [-0.15, -0.1) is 11.8 Å². The third kappa shape index (κ3) is 4.97. The summed E-state index contributed by atoms with van der Waals surface area (Å²) in [7, 11) is 1.41. The summed E-state index contributed by atoms with van der Waals surface area (Å²) in [6, 6.07) is 15.4. The van der Waals surface area contributed by atoms with Crippen molar-refractivity contribution >= 4 is 46.9 Å². The smallest absolute Gasteiger partial charge is 0.256 e. The monoisotopic (exact) mass is 480 g/mol. The van der Waals surface area contributed by atoms with Gasteiger partial charge >= 0.3 is 0 Å². The molecule has 4 rings (SSSR count). The first-order valence-corrected chi connectivity index (χ1v) is 12.0. The molecule has 4 nitrogen and oxygen atoms in total. The van der Waals surface area contributed by atoms with Crippen LogP contribution in [0.1, 0.15) is 28.8 Å². The highest BCUT2D eigenvalue weighted by molar-refractivity contribution is 7.98. The van der Waals surface area contributed by atoms with E-state index in [0.717, 1.165) is 29.0 Å². The largest absolute Gasteiger partial charge is 0.493 e. The van der Waals surface area contributed by atoms with Crippen molar-refractivity contribution in [1.82, 2.24) is 0 Å². The molecule has 0 fully saturated rings. The van der Waals surface area contributed by atoms with Gasteiger partial charge in [-0.2, -0.15) is 0 Å². The maximum Gasteiger partial charge on any atom is 0.256 e. The van der Waals surface area contributed by atoms with Gasteiger partial charge in [0.1, 0.15) is 0 Å². The van der Waals surface area contributed by atoms with E-state index < -0.39 is 5.82 Å². The molecule has 0 aromatic heterocycles. The van der Waals surface area contributed by atoms with Gasteiger partial charge in [-0.1, -0.05) is 29.8 Å². The molecule has 0 unspecified atom stereocenters. The Morgan fingerprint density at radius 1 is 1.09 bits per heavy atom. The second kappa shape index (κ2) is 10.2. The molecule has 168 valence electrons. The number of methoxy groups -OCH3 is 1. The number of nitrogens with zero attached hydrogens (tertiary/aromatic N) is 1. The van der Waals surface area contributed by atoms with Crippen LogP contribution in [0.25, 0.3) is 16.8 Å². The lowest BCUT2D eigenvalue weighted by atomic mass is 9.98. The second-order valence-corrected chi connectivity index (χ2v) is 8.65. The summed E-state index contributed by atoms with van der Waals surface area (Å²) >= 11 is 7.93. The van der Waals surface area contributed by atoms with Crippen molar-refractivity contribution in [3.63, 3.8) is 0 Å². The molecule has 7 heteroatoms. The normalized spacial score (nSPS) is 12.9. The SMILES string of the molecule is COc1c(F)cccc1-c1cc(SC)ccc1C(=O)Nc1ccc(Cl)c(C2=CCCC=N2)c1. The first-order chi connectivity index (χ1) is 16.0. The van der Waals surface area contributed by atoms with Crippen LogP contribution in [0, 0.1) is 5.82 Å². The first kappa shape index (κ1) is 23.1. The van der Waals surface area contributed by atoms with Gasteiger partial charge in [0.05, 0.1) is 17.8 Å². The van der Waals surface area contributed by atoms with E-state index in [4.69, 9.17) is 16.3 Å². The zero-order valence-corrected chi connectivity index (χ0v) is 19.8. The Hall–Kier alpha value is -3.09. The van der Waals surface area contributed by atoms with Crippen molar-refractivity contribution in [2.75, 3.05) is 18.7 Å². The molecule has 3 aromatic carbocycles. The van der Waals surface area contributed by atoms with E-state index in [9.17, 15) is 9.18 Å². The number of carbonyl (C=O) groups is 1. The third-order valence-electron chi connectivity index (χ3n) is 5.30. The fourth-order valence-electron chi connectivity index (χ4n) is 3.69. The number of carbonyl (C=O) groups excluding carboxylic acids is 1. The van der Waals surface area contributed by atoms with Crippen LogP contribution in [0.4, 0.5) is 10.1 Å². The predicted molar refractivity (Wildman–Crippen MR) is 135 cm³/mol. The third-order valence-corrected chi connectivity index (χ3v) is 6.35. The molecule has 0 saturated heterocycles. The Bertz CT molecular complexity index is 1270. The van der Waals surface area contributed by atoms with E-state index in [1.807, 2.05) is 36.7 Å². The molecule has 1 N–H and O–H groups in total. The maximum absolute atomic E-state index is 14.4. The molecule has 3 aromatic rings. The molecule has 1 amide bonds. The molecular weight excluding hydrogens is 459 g/mol. The van der Waals surface area contributed by atoms with Crippen LogP contribution in [0.15, 0.2) is 70.6 Å². The van der Waals surface area contributed by atoms with E-state index in [1.54, 1.807) is 30.3 Å². The molecule has 0 spiro atoms. The van der Waals surface area contributed by atoms with E-state index in [0.29, 0.717) is 27.4 Å². The van der Waals surface area contributed by atoms with Gasteiger partial charge in [-0.25, -0.2) is 4.39 Å². The lowest BCUT2D eigenvalue weighted by Gasteiger charge is -2.16. The number of allylic oxidation sites excluding steroid dienone is 1. The van der Waals surface area contributed by atoms with Crippen LogP contribution in [-0.2, 0) is 0 Å². The number of hydrogen-bond donors (Lipinski definition) is 1. The van der Waals surface area contributed by atoms with Crippen molar-refractivity contribution in [3.05, 3.63) is 82.6 Å². The average molecular weight is 481 g/mol. The summed E-state index contributed by atoms with van der Waals surface area (Å²) < 4.78 is 19.7. The number of hydrogen-bond acceptors (Lipinski definition) is 4. The topological polar surface area (TPSA) is 50.7 Å². The fraction of sp³-hybridized carbons (Fsp3) is 0.154. The molecule has 1 heterocycles. The Balaban J connectivity index is 1.72. The predicted octanol–water partition coefficient (Wildman–Crippen LogP) is 7.33. The number of halogens is 2. The zero-order valence-electron chi connectivity index (χ0n) is 18.2. The van der Waals surface area contributed by atoms with Gasteiger partial charge in [-0.3, -0.25) is 9.79 Å². The molecule has 33 heavy (non-hydrogen) atoms. The quantitative estimate of drug-likeness (QED) is 0.375. The number of aliphatic imine (C=N–C) groups is 1. The number of rotatable bonds is 6. The van der Waals surface area contributed by atoms with Gasteiger partial charge in [0.25, 0.3) is 5.91 Å². The van der Waals surface area contributed by atoms with Crippen LogP contribution in [0.5, 0.6) is 5.75 Å². The van der Waals surface area contributed by atoms with Crippen LogP contribution >= 0.6 is 23.4 Å². The number of anilines is 1. The summed E-state index contributed by atoms with van der Waals surface area (Å²) in [5, 5.41) is 3.51. The Morgan fingerprint density at radius 2 is 1.94 bits per heavy atom. The lowest BCUT2D eigenvalue weighted by Crippen LogP contribution is -2.13. The lowest BCUT2D eigenvalue weighted by molar-refractivity contribution is 0.102. The Morgan fingerprint density at radius 3 is 2.67 bits per heavy atom. The van der Waals surface area contributed by atoms with Crippen LogP contribution in [-0.4, -0.2) is 25.5 Å². The second-order valence-electron chi connectivity index (χ2n) is 7.36. The first-order valence-electron chi connectivity index (χ1n) is 10.4. The van der Waals surface area contributed by atoms with Gasteiger partial charge < -0.3 is 10.1 Å². The number of amides is 1. The molecule has 0 aliphatic carbocycles. The molecule has 0 saturated carbocycles. The number of para-hydroxylation sites is 1. The average Bonchev–Trinajstić information content (AvgIpc) is 2.85. The highest BCUT2D eigenvalue weighted by atomic mass is 35.5. The van der Waals surface area contributed by atoms with Crippen molar-refractivity contribution in [1.29, 1.82) is 0 Å². The van der Waals surface area contributed by atoms with E-state index >= 15 is 0 Å². The Kier molecular flexibility index (Phi) is 7.16. The van der Waals surface area contributed by atoms with Gasteiger partial charge in [0.15, 0.2) is 11.6 Å². The van der Waals surface area contributed by atoms with E-state index in [2.05, 4.69) is 10.3 Å². The molecule has 0 atom stereocenters. The molecule has 1 aliphatic rings. The van der Waals surface area contributed by atoms with Crippen molar-refractivity contribution in [2.24, 2.45) is 4.99 Å². The summed E-state index contributed by atoms with van der Waals surface area (Å²) in [5.41, 5.74) is 3.64. The highest BCUT2D eigenvalue weighted by Gasteiger charge is 2.19.